The summed E-state index contributed by atoms with van der Waals surface area (Å²) in [5, 5.41) is 3.12. The number of anilines is 1. The largest absolute Gasteiger partial charge is 0.496 e. The maximum absolute atomic E-state index is 15.4. The van der Waals surface area contributed by atoms with E-state index in [9.17, 15) is 18.0 Å². The van der Waals surface area contributed by atoms with E-state index >= 15 is 4.39 Å². The van der Waals surface area contributed by atoms with Crippen LogP contribution in [0.1, 0.15) is 23.6 Å². The van der Waals surface area contributed by atoms with Gasteiger partial charge >= 0.3 is 11.7 Å². The maximum Gasteiger partial charge on any atom is 0.414 e. The molecule has 0 aliphatic carbocycles. The molecule has 0 spiro atoms. The molecule has 206 valence electrons. The number of sulfone groups is 1. The average molecular weight is 550 g/mol. The monoisotopic (exact) mass is 549 g/mol. The molecule has 3 rings (SSSR count). The van der Waals surface area contributed by atoms with Crippen LogP contribution in [0.15, 0.2) is 39.5 Å². The molecule has 0 fully saturated rings. The molecule has 0 saturated heterocycles. The summed E-state index contributed by atoms with van der Waals surface area (Å²) in [5.74, 6) is -0.706. The molecule has 0 aliphatic heterocycles. The number of hydrogen-bond donors (Lipinski definition) is 1. The third-order valence-electron chi connectivity index (χ3n) is 5.79. The number of methoxy groups -OCH3 is 1. The van der Waals surface area contributed by atoms with Crippen LogP contribution in [0.25, 0.3) is 11.0 Å². The molecule has 0 atom stereocenters. The van der Waals surface area contributed by atoms with Gasteiger partial charge in [-0.2, -0.15) is 0 Å². The van der Waals surface area contributed by atoms with Gasteiger partial charge in [0, 0.05) is 50.5 Å². The van der Waals surface area contributed by atoms with E-state index in [4.69, 9.17) is 13.9 Å². The van der Waals surface area contributed by atoms with Gasteiger partial charge in [-0.1, -0.05) is 19.1 Å². The van der Waals surface area contributed by atoms with Crippen LogP contribution in [0.4, 0.5) is 14.9 Å². The first-order valence-electron chi connectivity index (χ1n) is 11.8. The van der Waals surface area contributed by atoms with Gasteiger partial charge in [0.2, 0.25) is 0 Å². The minimum Gasteiger partial charge on any atom is -0.496 e. The first kappa shape index (κ1) is 28.9. The summed E-state index contributed by atoms with van der Waals surface area (Å²) >= 11 is 0. The van der Waals surface area contributed by atoms with E-state index in [1.54, 1.807) is 6.07 Å². The van der Waals surface area contributed by atoms with Crippen molar-refractivity contribution in [2.75, 3.05) is 52.2 Å². The lowest BCUT2D eigenvalue weighted by Crippen LogP contribution is -2.25. The predicted octanol–water partition coefficient (Wildman–Crippen LogP) is 3.46. The molecule has 1 amide bonds. The van der Waals surface area contributed by atoms with Gasteiger partial charge in [0.05, 0.1) is 18.2 Å². The van der Waals surface area contributed by atoms with Crippen molar-refractivity contribution in [1.82, 2.24) is 9.80 Å². The van der Waals surface area contributed by atoms with E-state index in [0.29, 0.717) is 23.2 Å². The fourth-order valence-electron chi connectivity index (χ4n) is 3.79. The zero-order chi connectivity index (χ0) is 28.2. The van der Waals surface area contributed by atoms with E-state index in [2.05, 4.69) is 5.32 Å². The third-order valence-corrected chi connectivity index (χ3v) is 7.25. The Labute approximate surface area is 220 Å². The Morgan fingerprint density at radius 3 is 2.45 bits per heavy atom. The molecule has 0 unspecified atom stereocenters. The van der Waals surface area contributed by atoms with Crippen molar-refractivity contribution in [1.29, 1.82) is 0 Å². The number of ether oxygens (including phenoxy) is 2. The van der Waals surface area contributed by atoms with E-state index in [-0.39, 0.29) is 40.3 Å². The van der Waals surface area contributed by atoms with Gasteiger partial charge in [-0.05, 0) is 31.3 Å². The molecule has 1 aromatic heterocycles. The highest BCUT2D eigenvalue weighted by Crippen LogP contribution is 2.36. The smallest absolute Gasteiger partial charge is 0.414 e. The summed E-state index contributed by atoms with van der Waals surface area (Å²) in [6, 6.07) is 7.50. The number of rotatable bonds is 10. The van der Waals surface area contributed by atoms with Crippen molar-refractivity contribution < 1.29 is 31.5 Å². The number of nitrogens with one attached hydrogen (secondary N) is 1. The van der Waals surface area contributed by atoms with Crippen LogP contribution in [0.5, 0.6) is 11.5 Å². The Morgan fingerprint density at radius 1 is 1.13 bits per heavy atom. The molecule has 3 aromatic rings. The fourth-order valence-corrected chi connectivity index (χ4v) is 4.37. The Bertz CT molecular complexity index is 1500. The number of carbonyl (C=O) groups excluding carboxylic acids is 1. The van der Waals surface area contributed by atoms with Crippen LogP contribution in [0.3, 0.4) is 0 Å². The van der Waals surface area contributed by atoms with Gasteiger partial charge in [-0.25, -0.2) is 22.4 Å². The minimum absolute atomic E-state index is 0.0174. The summed E-state index contributed by atoms with van der Waals surface area (Å²) in [6.07, 6.45) is -0.723. The van der Waals surface area contributed by atoms with Gasteiger partial charge < -0.3 is 29.0 Å². The number of halogens is 1. The van der Waals surface area contributed by atoms with Gasteiger partial charge in [-0.15, -0.1) is 0 Å². The number of amides is 1. The number of carbonyl (C=O) groups is 1. The normalized spacial score (nSPS) is 11.6. The molecule has 2 aromatic carbocycles. The van der Waals surface area contributed by atoms with Crippen LogP contribution in [-0.2, 0) is 22.8 Å². The van der Waals surface area contributed by atoms with Crippen molar-refractivity contribution in [2.45, 2.75) is 19.9 Å². The number of fused-ring (bicyclic) bond motifs is 1. The molecular weight excluding hydrogens is 517 g/mol. The van der Waals surface area contributed by atoms with Crippen molar-refractivity contribution in [3.8, 4) is 11.5 Å². The second kappa shape index (κ2) is 11.8. The van der Waals surface area contributed by atoms with Crippen molar-refractivity contribution in [3.05, 3.63) is 63.3 Å². The summed E-state index contributed by atoms with van der Waals surface area (Å²) in [7, 11) is 4.78. The maximum atomic E-state index is 15.4. The fraction of sp³-hybridized carbons (Fsp3) is 0.385. The van der Waals surface area contributed by atoms with Gasteiger partial charge in [0.15, 0.2) is 9.84 Å². The van der Waals surface area contributed by atoms with Crippen molar-refractivity contribution in [3.63, 3.8) is 0 Å². The molecule has 38 heavy (non-hydrogen) atoms. The molecule has 0 saturated carbocycles. The summed E-state index contributed by atoms with van der Waals surface area (Å²) < 4.78 is 55.6. The second-order valence-electron chi connectivity index (χ2n) is 9.15. The molecule has 0 bridgehead atoms. The summed E-state index contributed by atoms with van der Waals surface area (Å²) in [5.41, 5.74) is 0.459. The quantitative estimate of drug-likeness (QED) is 0.379. The van der Waals surface area contributed by atoms with E-state index < -0.39 is 33.3 Å². The SMILES string of the molecule is CCS(=O)(=O)CNc1cccc(Cc2c(CN(C)C)c3c(OC)cc(OC(=O)N(C)C)cc3oc2=O)c1F. The summed E-state index contributed by atoms with van der Waals surface area (Å²) in [6.45, 7) is 1.82. The number of benzene rings is 2. The van der Waals surface area contributed by atoms with Crippen LogP contribution < -0.4 is 20.4 Å². The molecule has 1 N–H and O–H groups in total. The van der Waals surface area contributed by atoms with E-state index in [1.807, 2.05) is 19.0 Å². The standard InChI is InChI=1S/C26H32FN3O7S/c1-7-38(33,34)15-28-20-10-8-9-16(24(20)27)11-18-19(14-29(2)3)23-21(35-6)12-17(36-26(32)30(4)5)13-22(23)37-25(18)31/h8-10,12-13,28H,7,11,14-15H2,1-6H3. The molecule has 12 heteroatoms. The van der Waals surface area contributed by atoms with E-state index in [1.165, 1.54) is 57.3 Å². The first-order valence-corrected chi connectivity index (χ1v) is 13.6. The highest BCUT2D eigenvalue weighted by Gasteiger charge is 2.23. The third kappa shape index (κ3) is 6.62. The predicted molar refractivity (Wildman–Crippen MR) is 143 cm³/mol. The molecule has 0 aliphatic rings. The Kier molecular flexibility index (Phi) is 9.00. The lowest BCUT2D eigenvalue weighted by Gasteiger charge is -2.19. The molecule has 10 nitrogen and oxygen atoms in total. The lowest BCUT2D eigenvalue weighted by molar-refractivity contribution is 0.172. The van der Waals surface area contributed by atoms with Gasteiger partial charge in [0.25, 0.3) is 0 Å². The van der Waals surface area contributed by atoms with Gasteiger partial charge in [-0.3, -0.25) is 0 Å². The van der Waals surface area contributed by atoms with Crippen LogP contribution in [0, 0.1) is 5.82 Å². The highest BCUT2D eigenvalue weighted by molar-refractivity contribution is 7.91. The highest BCUT2D eigenvalue weighted by atomic mass is 32.2. The van der Waals surface area contributed by atoms with Crippen molar-refractivity contribution >= 4 is 32.6 Å². The van der Waals surface area contributed by atoms with Crippen LogP contribution in [-0.4, -0.2) is 71.2 Å². The molecule has 0 radical (unpaired) electrons. The van der Waals surface area contributed by atoms with Crippen LogP contribution >= 0.6 is 0 Å². The summed E-state index contributed by atoms with van der Waals surface area (Å²) in [4.78, 5) is 28.4. The van der Waals surface area contributed by atoms with E-state index in [0.717, 1.165) is 0 Å². The molecular formula is C26H32FN3O7S. The topological polar surface area (TPSA) is 118 Å². The number of hydrogen-bond acceptors (Lipinski definition) is 9. The lowest BCUT2D eigenvalue weighted by atomic mass is 9.97. The second-order valence-corrected chi connectivity index (χ2v) is 11.5. The van der Waals surface area contributed by atoms with Gasteiger partial charge in [0.1, 0.15) is 28.8 Å². The van der Waals surface area contributed by atoms with Crippen molar-refractivity contribution in [2.24, 2.45) is 0 Å². The Hall–Kier alpha value is -3.64. The minimum atomic E-state index is -3.38. The molecule has 1 heterocycles. The zero-order valence-electron chi connectivity index (χ0n) is 22.3. The first-order chi connectivity index (χ1) is 17.9. The average Bonchev–Trinajstić information content (AvgIpc) is 2.85. The Balaban J connectivity index is 2.14. The van der Waals surface area contributed by atoms with Crippen LogP contribution in [0.2, 0.25) is 0 Å². The zero-order valence-corrected chi connectivity index (χ0v) is 23.1. The number of nitrogens with zero attached hydrogens (tertiary/aromatic N) is 2. The Morgan fingerprint density at radius 2 is 1.84 bits per heavy atom.